The van der Waals surface area contributed by atoms with Crippen molar-refractivity contribution in [3.8, 4) is 0 Å². The fourth-order valence-electron chi connectivity index (χ4n) is 2.05. The molecule has 1 amide bonds. The van der Waals surface area contributed by atoms with Crippen molar-refractivity contribution in [2.75, 3.05) is 5.75 Å². The quantitative estimate of drug-likeness (QED) is 0.520. The summed E-state index contributed by atoms with van der Waals surface area (Å²) in [7, 11) is 0. The van der Waals surface area contributed by atoms with E-state index in [4.69, 9.17) is 0 Å². The van der Waals surface area contributed by atoms with Gasteiger partial charge in [0.25, 0.3) is 0 Å². The van der Waals surface area contributed by atoms with Crippen molar-refractivity contribution in [1.82, 2.24) is 25.3 Å². The van der Waals surface area contributed by atoms with Crippen LogP contribution < -0.4 is 5.32 Å². The molecule has 2 aromatic heterocycles. The van der Waals surface area contributed by atoms with Crippen LogP contribution in [0.15, 0.2) is 46.3 Å². The Labute approximate surface area is 151 Å². The number of aryl methyl sites for hydroxylation is 1. The minimum absolute atomic E-state index is 0.0597. The van der Waals surface area contributed by atoms with Gasteiger partial charge in [-0.15, -0.1) is 0 Å². The largest absolute Gasteiger partial charge is 0.351 e. The molecule has 3 aromatic rings. The second kappa shape index (κ2) is 7.67. The zero-order valence-electron chi connectivity index (χ0n) is 12.9. The summed E-state index contributed by atoms with van der Waals surface area (Å²) in [5, 5.41) is 4.36. The van der Waals surface area contributed by atoms with Gasteiger partial charge >= 0.3 is 0 Å². The highest BCUT2D eigenvalue weighted by molar-refractivity contribution is 9.10. The van der Waals surface area contributed by atoms with Gasteiger partial charge in [-0.3, -0.25) is 4.79 Å². The van der Waals surface area contributed by atoms with Crippen molar-refractivity contribution in [3.05, 3.63) is 52.7 Å². The number of halogens is 1. The Kier molecular flexibility index (Phi) is 5.37. The number of benzene rings is 1. The van der Waals surface area contributed by atoms with Gasteiger partial charge in [-0.25, -0.2) is 19.9 Å². The SMILES string of the molecule is Cc1ncc2c(SCC(=O)NCc3ccccc3Br)ncnc2n1. The van der Waals surface area contributed by atoms with Crippen LogP contribution in [0, 0.1) is 6.92 Å². The Hall–Kier alpha value is -2.06. The van der Waals surface area contributed by atoms with E-state index in [1.807, 2.05) is 31.2 Å². The van der Waals surface area contributed by atoms with Gasteiger partial charge in [0.1, 0.15) is 17.2 Å². The van der Waals surface area contributed by atoms with E-state index < -0.39 is 0 Å². The summed E-state index contributed by atoms with van der Waals surface area (Å²) in [6.07, 6.45) is 3.15. The molecular formula is C16H14BrN5OS. The maximum absolute atomic E-state index is 12.1. The molecule has 24 heavy (non-hydrogen) atoms. The van der Waals surface area contributed by atoms with Crippen LogP contribution in [0.25, 0.3) is 11.0 Å². The third-order valence-corrected chi connectivity index (χ3v) is 5.03. The maximum atomic E-state index is 12.1. The number of fused-ring (bicyclic) bond motifs is 1. The molecule has 0 aliphatic carbocycles. The van der Waals surface area contributed by atoms with E-state index in [-0.39, 0.29) is 11.7 Å². The first-order valence-corrected chi connectivity index (χ1v) is 8.98. The number of hydrogen-bond donors (Lipinski definition) is 1. The molecule has 0 atom stereocenters. The number of nitrogens with zero attached hydrogens (tertiary/aromatic N) is 4. The van der Waals surface area contributed by atoms with Crippen LogP contribution in [-0.4, -0.2) is 31.6 Å². The normalized spacial score (nSPS) is 10.8. The summed E-state index contributed by atoms with van der Waals surface area (Å²) in [6, 6.07) is 7.80. The second-order valence-corrected chi connectivity index (χ2v) is 6.81. The monoisotopic (exact) mass is 403 g/mol. The molecule has 0 fully saturated rings. The van der Waals surface area contributed by atoms with E-state index in [0.717, 1.165) is 15.4 Å². The van der Waals surface area contributed by atoms with E-state index in [1.54, 1.807) is 6.20 Å². The molecule has 0 radical (unpaired) electrons. The average molecular weight is 404 g/mol. The third kappa shape index (κ3) is 4.07. The smallest absolute Gasteiger partial charge is 0.230 e. The maximum Gasteiger partial charge on any atom is 0.230 e. The molecule has 0 spiro atoms. The molecule has 3 rings (SSSR count). The topological polar surface area (TPSA) is 80.7 Å². The van der Waals surface area contributed by atoms with Crippen molar-refractivity contribution >= 4 is 44.6 Å². The summed E-state index contributed by atoms with van der Waals surface area (Å²) in [6.45, 7) is 2.29. The van der Waals surface area contributed by atoms with Crippen LogP contribution >= 0.6 is 27.7 Å². The molecule has 0 bridgehead atoms. The van der Waals surface area contributed by atoms with Gasteiger partial charge in [-0.1, -0.05) is 45.9 Å². The first kappa shape index (κ1) is 16.8. The number of nitrogens with one attached hydrogen (secondary N) is 1. The molecule has 2 heterocycles. The number of carbonyl (C=O) groups is 1. The van der Waals surface area contributed by atoms with Crippen LogP contribution in [0.2, 0.25) is 0 Å². The first-order chi connectivity index (χ1) is 11.6. The number of hydrogen-bond acceptors (Lipinski definition) is 6. The van der Waals surface area contributed by atoms with Gasteiger partial charge in [0.2, 0.25) is 5.91 Å². The lowest BCUT2D eigenvalue weighted by Crippen LogP contribution is -2.24. The highest BCUT2D eigenvalue weighted by Crippen LogP contribution is 2.22. The molecule has 0 unspecified atom stereocenters. The summed E-state index contributed by atoms with van der Waals surface area (Å²) in [4.78, 5) is 28.9. The number of rotatable bonds is 5. The lowest BCUT2D eigenvalue weighted by molar-refractivity contribution is -0.118. The summed E-state index contributed by atoms with van der Waals surface area (Å²) < 4.78 is 0.979. The third-order valence-electron chi connectivity index (χ3n) is 3.25. The van der Waals surface area contributed by atoms with Crippen LogP contribution in [0.4, 0.5) is 0 Å². The summed E-state index contributed by atoms with van der Waals surface area (Å²) in [5.74, 6) is 0.864. The van der Waals surface area contributed by atoms with E-state index in [0.29, 0.717) is 23.0 Å². The second-order valence-electron chi connectivity index (χ2n) is 4.99. The predicted octanol–water partition coefficient (Wildman–Crippen LogP) is 2.90. The van der Waals surface area contributed by atoms with Crippen molar-refractivity contribution in [1.29, 1.82) is 0 Å². The zero-order chi connectivity index (χ0) is 16.9. The van der Waals surface area contributed by atoms with E-state index >= 15 is 0 Å². The van der Waals surface area contributed by atoms with E-state index in [1.165, 1.54) is 18.1 Å². The Morgan fingerprint density at radius 2 is 2.08 bits per heavy atom. The molecular weight excluding hydrogens is 390 g/mol. The molecule has 6 nitrogen and oxygen atoms in total. The zero-order valence-corrected chi connectivity index (χ0v) is 15.3. The van der Waals surface area contributed by atoms with Crippen LogP contribution in [0.3, 0.4) is 0 Å². The molecule has 1 aromatic carbocycles. The van der Waals surface area contributed by atoms with Crippen LogP contribution in [0.1, 0.15) is 11.4 Å². The predicted molar refractivity (Wildman–Crippen MR) is 96.6 cm³/mol. The van der Waals surface area contributed by atoms with Gasteiger partial charge in [0.05, 0.1) is 11.1 Å². The molecule has 1 N–H and O–H groups in total. The van der Waals surface area contributed by atoms with Gasteiger partial charge in [-0.05, 0) is 18.6 Å². The van der Waals surface area contributed by atoms with Gasteiger partial charge in [0.15, 0.2) is 5.65 Å². The Morgan fingerprint density at radius 3 is 2.92 bits per heavy atom. The van der Waals surface area contributed by atoms with Crippen molar-refractivity contribution in [2.24, 2.45) is 0 Å². The van der Waals surface area contributed by atoms with Gasteiger partial charge < -0.3 is 5.32 Å². The molecule has 8 heteroatoms. The average Bonchev–Trinajstić information content (AvgIpc) is 2.58. The lowest BCUT2D eigenvalue weighted by Gasteiger charge is -2.07. The highest BCUT2D eigenvalue weighted by Gasteiger charge is 2.09. The van der Waals surface area contributed by atoms with Crippen molar-refractivity contribution in [3.63, 3.8) is 0 Å². The molecule has 0 saturated carbocycles. The number of thioether (sulfide) groups is 1. The van der Waals surface area contributed by atoms with Crippen LogP contribution in [0.5, 0.6) is 0 Å². The molecule has 122 valence electrons. The fraction of sp³-hybridized carbons (Fsp3) is 0.188. The Bertz CT molecular complexity index is 889. The van der Waals surface area contributed by atoms with Gasteiger partial charge in [-0.2, -0.15) is 0 Å². The highest BCUT2D eigenvalue weighted by atomic mass is 79.9. The molecule has 0 aliphatic rings. The summed E-state index contributed by atoms with van der Waals surface area (Å²) in [5.41, 5.74) is 1.63. The van der Waals surface area contributed by atoms with Gasteiger partial charge in [0, 0.05) is 17.2 Å². The first-order valence-electron chi connectivity index (χ1n) is 7.21. The molecule has 0 aliphatic heterocycles. The van der Waals surface area contributed by atoms with Crippen molar-refractivity contribution < 1.29 is 4.79 Å². The lowest BCUT2D eigenvalue weighted by atomic mass is 10.2. The molecule has 0 saturated heterocycles. The fourth-order valence-corrected chi connectivity index (χ4v) is 3.26. The Morgan fingerprint density at radius 1 is 1.25 bits per heavy atom. The standard InChI is InChI=1S/C16H14BrN5OS/c1-10-18-7-12-15(22-10)20-9-21-16(12)24-8-14(23)19-6-11-4-2-3-5-13(11)17/h2-5,7,9H,6,8H2,1H3,(H,19,23). The number of carbonyl (C=O) groups excluding carboxylic acids is 1. The van der Waals surface area contributed by atoms with Crippen molar-refractivity contribution in [2.45, 2.75) is 18.5 Å². The Balaban J connectivity index is 1.61. The minimum atomic E-state index is -0.0597. The summed E-state index contributed by atoms with van der Waals surface area (Å²) >= 11 is 4.82. The van der Waals surface area contributed by atoms with E-state index in [9.17, 15) is 4.79 Å². The number of aromatic nitrogens is 4. The minimum Gasteiger partial charge on any atom is -0.351 e. The van der Waals surface area contributed by atoms with E-state index in [2.05, 4.69) is 41.2 Å². The number of amides is 1. The van der Waals surface area contributed by atoms with Crippen LogP contribution in [-0.2, 0) is 11.3 Å².